The average molecular weight is 411 g/mol. The van der Waals surface area contributed by atoms with E-state index in [0.717, 1.165) is 23.5 Å². The molecule has 0 radical (unpaired) electrons. The van der Waals surface area contributed by atoms with E-state index in [1.807, 2.05) is 20.8 Å². The van der Waals surface area contributed by atoms with Gasteiger partial charge in [0.25, 0.3) is 0 Å². The van der Waals surface area contributed by atoms with Crippen LogP contribution >= 0.6 is 11.8 Å². The number of amides is 1. The molecule has 0 aliphatic carbocycles. The minimum Gasteiger partial charge on any atom is -0.310 e. The number of carbonyl (C=O) groups excluding carboxylic acids is 1. The number of nitriles is 1. The third-order valence-electron chi connectivity index (χ3n) is 3.79. The number of thioether (sulfide) groups is 1. The van der Waals surface area contributed by atoms with Crippen LogP contribution in [-0.2, 0) is 23.4 Å². The lowest BCUT2D eigenvalue weighted by molar-refractivity contribution is -0.138. The summed E-state index contributed by atoms with van der Waals surface area (Å²) in [6.07, 6.45) is -4.67. The van der Waals surface area contributed by atoms with E-state index < -0.39 is 23.2 Å². The molecule has 0 fully saturated rings. The second kappa shape index (κ2) is 7.83. The highest BCUT2D eigenvalue weighted by Gasteiger charge is 2.35. The van der Waals surface area contributed by atoms with Gasteiger partial charge in [0.05, 0.1) is 22.6 Å². The largest absolute Gasteiger partial charge is 0.417 e. The Hall–Kier alpha value is -2.54. The molecule has 1 amide bonds. The van der Waals surface area contributed by atoms with Crippen LogP contribution < -0.4 is 5.32 Å². The van der Waals surface area contributed by atoms with E-state index in [4.69, 9.17) is 5.26 Å². The molecule has 2 rings (SSSR count). The molecule has 28 heavy (non-hydrogen) atoms. The maximum absolute atomic E-state index is 13.1. The van der Waals surface area contributed by atoms with Gasteiger partial charge in [0.2, 0.25) is 5.91 Å². The van der Waals surface area contributed by atoms with Gasteiger partial charge in [0, 0.05) is 24.2 Å². The molecular formula is C18H20F3N5OS. The molecule has 0 aliphatic rings. The standard InChI is InChI=1S/C18H20F3N5OS/c1-10-6-12(18(19,20)21)11(8-22)16(23-10)28-9-15(27)24-14-7-13(17(2,3)4)25-26(14)5/h6-7H,9H2,1-5H3,(H,24,27). The molecule has 0 aromatic carbocycles. The van der Waals surface area contributed by atoms with Gasteiger partial charge in [0.1, 0.15) is 16.9 Å². The van der Waals surface area contributed by atoms with Crippen LogP contribution in [-0.4, -0.2) is 26.4 Å². The van der Waals surface area contributed by atoms with Gasteiger partial charge >= 0.3 is 6.18 Å². The maximum atomic E-state index is 13.1. The van der Waals surface area contributed by atoms with Crippen LogP contribution in [0.25, 0.3) is 0 Å². The number of aromatic nitrogens is 3. The number of halogens is 3. The van der Waals surface area contributed by atoms with Crippen LogP contribution in [0.4, 0.5) is 19.0 Å². The lowest BCUT2D eigenvalue weighted by Crippen LogP contribution is -2.17. The molecule has 10 heteroatoms. The lowest BCUT2D eigenvalue weighted by Gasteiger charge is -2.13. The van der Waals surface area contributed by atoms with Gasteiger partial charge in [-0.05, 0) is 13.0 Å². The second-order valence-electron chi connectivity index (χ2n) is 7.23. The smallest absolute Gasteiger partial charge is 0.310 e. The van der Waals surface area contributed by atoms with Gasteiger partial charge in [0.15, 0.2) is 0 Å². The SMILES string of the molecule is Cc1cc(C(F)(F)F)c(C#N)c(SCC(=O)Nc2cc(C(C)(C)C)nn2C)n1. The number of anilines is 1. The van der Waals surface area contributed by atoms with E-state index in [-0.39, 0.29) is 21.9 Å². The highest BCUT2D eigenvalue weighted by Crippen LogP contribution is 2.35. The Balaban J connectivity index is 2.17. The number of alkyl halides is 3. The molecule has 150 valence electrons. The van der Waals surface area contributed by atoms with E-state index in [1.165, 1.54) is 11.6 Å². The van der Waals surface area contributed by atoms with Crippen molar-refractivity contribution < 1.29 is 18.0 Å². The Morgan fingerprint density at radius 1 is 1.32 bits per heavy atom. The Morgan fingerprint density at radius 2 is 1.96 bits per heavy atom. The number of carbonyl (C=O) groups is 1. The van der Waals surface area contributed by atoms with Crippen molar-refractivity contribution in [2.24, 2.45) is 7.05 Å². The summed E-state index contributed by atoms with van der Waals surface area (Å²) in [5.74, 6) is -0.156. The number of rotatable bonds is 4. The molecule has 6 nitrogen and oxygen atoms in total. The van der Waals surface area contributed by atoms with Crippen LogP contribution in [0.15, 0.2) is 17.2 Å². The van der Waals surface area contributed by atoms with Gasteiger partial charge in [-0.15, -0.1) is 0 Å². The van der Waals surface area contributed by atoms with Crippen LogP contribution in [0.5, 0.6) is 0 Å². The summed E-state index contributed by atoms with van der Waals surface area (Å²) >= 11 is 0.786. The van der Waals surface area contributed by atoms with Crippen LogP contribution in [0, 0.1) is 18.3 Å². The highest BCUT2D eigenvalue weighted by atomic mass is 32.2. The molecule has 2 aromatic heterocycles. The molecule has 0 unspecified atom stereocenters. The second-order valence-corrected chi connectivity index (χ2v) is 8.19. The molecule has 0 bridgehead atoms. The summed E-state index contributed by atoms with van der Waals surface area (Å²) in [5.41, 5.74) is -0.912. The fraction of sp³-hybridized carbons (Fsp3) is 0.444. The van der Waals surface area contributed by atoms with Crippen molar-refractivity contribution in [1.29, 1.82) is 5.26 Å². The highest BCUT2D eigenvalue weighted by molar-refractivity contribution is 8.00. The number of nitrogens with zero attached hydrogens (tertiary/aromatic N) is 4. The number of nitrogens with one attached hydrogen (secondary N) is 1. The molecule has 0 spiro atoms. The number of pyridine rings is 1. The van der Waals surface area contributed by atoms with Gasteiger partial charge < -0.3 is 5.32 Å². The van der Waals surface area contributed by atoms with Crippen molar-refractivity contribution in [3.05, 3.63) is 34.6 Å². The zero-order valence-electron chi connectivity index (χ0n) is 16.1. The summed E-state index contributed by atoms with van der Waals surface area (Å²) in [7, 11) is 1.68. The third-order valence-corrected chi connectivity index (χ3v) is 4.76. The fourth-order valence-corrected chi connectivity index (χ4v) is 3.19. The van der Waals surface area contributed by atoms with E-state index in [1.54, 1.807) is 19.2 Å². The predicted octanol–water partition coefficient (Wildman–Crippen LogP) is 4.04. The van der Waals surface area contributed by atoms with Crippen molar-refractivity contribution in [3.8, 4) is 6.07 Å². The van der Waals surface area contributed by atoms with Crippen molar-refractivity contribution in [3.63, 3.8) is 0 Å². The Morgan fingerprint density at radius 3 is 2.46 bits per heavy atom. The van der Waals surface area contributed by atoms with Crippen LogP contribution in [0.3, 0.4) is 0 Å². The Bertz CT molecular complexity index is 938. The zero-order chi connectivity index (χ0) is 21.3. The summed E-state index contributed by atoms with van der Waals surface area (Å²) in [4.78, 5) is 16.3. The zero-order valence-corrected chi connectivity index (χ0v) is 16.9. The Labute approximate surface area is 165 Å². The maximum Gasteiger partial charge on any atom is 0.417 e. The van der Waals surface area contributed by atoms with E-state index in [9.17, 15) is 18.0 Å². The topological polar surface area (TPSA) is 83.6 Å². The molecule has 0 atom stereocenters. The fourth-order valence-electron chi connectivity index (χ4n) is 2.34. The van der Waals surface area contributed by atoms with Crippen molar-refractivity contribution >= 4 is 23.5 Å². The van der Waals surface area contributed by atoms with Gasteiger partial charge in [-0.3, -0.25) is 9.48 Å². The Kier molecular flexibility index (Phi) is 6.09. The van der Waals surface area contributed by atoms with Gasteiger partial charge in [-0.1, -0.05) is 32.5 Å². The molecule has 2 aromatic rings. The van der Waals surface area contributed by atoms with E-state index >= 15 is 0 Å². The summed E-state index contributed by atoms with van der Waals surface area (Å²) < 4.78 is 41.0. The molecule has 0 saturated carbocycles. The first-order valence-electron chi connectivity index (χ1n) is 8.29. The number of hydrogen-bond acceptors (Lipinski definition) is 5. The normalized spacial score (nSPS) is 12.0. The quantitative estimate of drug-likeness (QED) is 0.768. The molecule has 1 N–H and O–H groups in total. The molecule has 0 aliphatic heterocycles. The number of hydrogen-bond donors (Lipinski definition) is 1. The van der Waals surface area contributed by atoms with Crippen LogP contribution in [0.2, 0.25) is 0 Å². The summed E-state index contributed by atoms with van der Waals surface area (Å²) in [6, 6.07) is 4.12. The first-order valence-corrected chi connectivity index (χ1v) is 9.27. The van der Waals surface area contributed by atoms with E-state index in [2.05, 4.69) is 15.4 Å². The minimum absolute atomic E-state index is 0.120. The molecular weight excluding hydrogens is 391 g/mol. The van der Waals surface area contributed by atoms with Crippen molar-refractivity contribution in [1.82, 2.24) is 14.8 Å². The first kappa shape index (κ1) is 21.8. The van der Waals surface area contributed by atoms with Crippen molar-refractivity contribution in [2.75, 3.05) is 11.1 Å². The monoisotopic (exact) mass is 411 g/mol. The third kappa shape index (κ3) is 5.04. The molecule has 0 saturated heterocycles. The average Bonchev–Trinajstić information content (AvgIpc) is 2.92. The molecule has 2 heterocycles. The first-order chi connectivity index (χ1) is 12.8. The summed E-state index contributed by atoms with van der Waals surface area (Å²) in [5, 5.41) is 16.1. The van der Waals surface area contributed by atoms with Crippen LogP contribution in [0.1, 0.15) is 43.3 Å². The van der Waals surface area contributed by atoms with Gasteiger partial charge in [-0.25, -0.2) is 4.98 Å². The number of aryl methyl sites for hydroxylation is 2. The lowest BCUT2D eigenvalue weighted by atomic mass is 9.92. The minimum atomic E-state index is -4.67. The predicted molar refractivity (Wildman–Crippen MR) is 100.0 cm³/mol. The van der Waals surface area contributed by atoms with E-state index in [0.29, 0.717) is 5.82 Å². The van der Waals surface area contributed by atoms with Gasteiger partial charge in [-0.2, -0.15) is 23.5 Å². The van der Waals surface area contributed by atoms with Crippen molar-refractivity contribution in [2.45, 2.75) is 44.3 Å². The summed E-state index contributed by atoms with van der Waals surface area (Å²) in [6.45, 7) is 7.37.